The maximum absolute atomic E-state index is 13.5. The predicted molar refractivity (Wildman–Crippen MR) is 62.1 cm³/mol. The highest BCUT2D eigenvalue weighted by Gasteiger charge is 2.55. The van der Waals surface area contributed by atoms with Crippen molar-refractivity contribution in [3.8, 4) is 0 Å². The fourth-order valence-electron chi connectivity index (χ4n) is 3.64. The number of hydrogen-bond acceptors (Lipinski definition) is 1. The maximum Gasteiger partial charge on any atom is 0.115 e. The Morgan fingerprint density at radius 1 is 1.53 bits per heavy atom. The van der Waals surface area contributed by atoms with Gasteiger partial charge in [-0.2, -0.15) is 0 Å². The summed E-state index contributed by atoms with van der Waals surface area (Å²) in [7, 11) is 0. The van der Waals surface area contributed by atoms with Crippen molar-refractivity contribution < 1.29 is 4.39 Å². The molecule has 2 heterocycles. The van der Waals surface area contributed by atoms with Gasteiger partial charge in [0.2, 0.25) is 0 Å². The SMILES string of the molecule is CC(C)C[C@]12C[C@@H](F)CN1CC(C)(Cl)C2. The van der Waals surface area contributed by atoms with Crippen molar-refractivity contribution >= 4 is 11.6 Å². The molecule has 0 bridgehead atoms. The molecule has 3 heteroatoms. The van der Waals surface area contributed by atoms with Gasteiger partial charge < -0.3 is 0 Å². The van der Waals surface area contributed by atoms with Crippen LogP contribution in [0.3, 0.4) is 0 Å². The molecule has 0 spiro atoms. The van der Waals surface area contributed by atoms with Crippen LogP contribution in [0.2, 0.25) is 0 Å². The minimum atomic E-state index is -0.642. The Bertz CT molecular complexity index is 254. The summed E-state index contributed by atoms with van der Waals surface area (Å²) in [5, 5.41) is 0. The molecular weight excluding hydrogens is 213 g/mol. The molecule has 2 saturated heterocycles. The molecule has 0 amide bonds. The first-order chi connectivity index (χ1) is 6.83. The monoisotopic (exact) mass is 233 g/mol. The van der Waals surface area contributed by atoms with Gasteiger partial charge in [-0.05, 0) is 32.1 Å². The van der Waals surface area contributed by atoms with Crippen LogP contribution in [-0.4, -0.2) is 34.6 Å². The molecule has 15 heavy (non-hydrogen) atoms. The van der Waals surface area contributed by atoms with Gasteiger partial charge in [0.25, 0.3) is 0 Å². The molecule has 0 aromatic heterocycles. The summed E-state index contributed by atoms with van der Waals surface area (Å²) in [6.45, 7) is 7.95. The van der Waals surface area contributed by atoms with Crippen LogP contribution in [0.1, 0.15) is 40.0 Å². The second-order valence-corrected chi connectivity index (χ2v) is 7.01. The lowest BCUT2D eigenvalue weighted by atomic mass is 9.83. The van der Waals surface area contributed by atoms with Gasteiger partial charge in [0.15, 0.2) is 0 Å². The van der Waals surface area contributed by atoms with Crippen LogP contribution in [-0.2, 0) is 0 Å². The summed E-state index contributed by atoms with van der Waals surface area (Å²) in [4.78, 5) is 2.15. The third kappa shape index (κ3) is 2.16. The normalized spacial score (nSPS) is 46.4. The Balaban J connectivity index is 2.18. The van der Waals surface area contributed by atoms with E-state index in [1.54, 1.807) is 0 Å². The molecule has 0 radical (unpaired) electrons. The van der Waals surface area contributed by atoms with E-state index in [-0.39, 0.29) is 10.4 Å². The van der Waals surface area contributed by atoms with Crippen LogP contribution in [0, 0.1) is 5.92 Å². The van der Waals surface area contributed by atoms with Crippen molar-refractivity contribution in [1.29, 1.82) is 0 Å². The Kier molecular flexibility index (Phi) is 2.79. The summed E-state index contributed by atoms with van der Waals surface area (Å²) >= 11 is 6.43. The summed E-state index contributed by atoms with van der Waals surface area (Å²) < 4.78 is 13.5. The predicted octanol–water partition coefficient (Wildman–Crippen LogP) is 3.22. The molecule has 1 nitrogen and oxygen atoms in total. The Morgan fingerprint density at radius 2 is 2.20 bits per heavy atom. The van der Waals surface area contributed by atoms with Crippen molar-refractivity contribution in [3.05, 3.63) is 0 Å². The molecule has 0 saturated carbocycles. The zero-order valence-corrected chi connectivity index (χ0v) is 10.6. The van der Waals surface area contributed by atoms with Gasteiger partial charge >= 0.3 is 0 Å². The van der Waals surface area contributed by atoms with Gasteiger partial charge in [-0.25, -0.2) is 4.39 Å². The van der Waals surface area contributed by atoms with E-state index in [0.29, 0.717) is 18.9 Å². The Labute approximate surface area is 97.0 Å². The van der Waals surface area contributed by atoms with Gasteiger partial charge in [0.05, 0.1) is 4.87 Å². The average molecular weight is 234 g/mol. The number of rotatable bonds is 2. The molecule has 2 aliphatic heterocycles. The Morgan fingerprint density at radius 3 is 2.80 bits per heavy atom. The first-order valence-corrected chi connectivity index (χ1v) is 6.29. The van der Waals surface area contributed by atoms with Gasteiger partial charge in [0, 0.05) is 18.6 Å². The topological polar surface area (TPSA) is 3.24 Å². The molecule has 0 aliphatic carbocycles. The average Bonchev–Trinajstić information content (AvgIpc) is 2.32. The van der Waals surface area contributed by atoms with E-state index >= 15 is 0 Å². The lowest BCUT2D eigenvalue weighted by Gasteiger charge is -2.33. The highest BCUT2D eigenvalue weighted by atomic mass is 35.5. The van der Waals surface area contributed by atoms with Crippen molar-refractivity contribution in [3.63, 3.8) is 0 Å². The molecule has 1 unspecified atom stereocenters. The summed E-state index contributed by atoms with van der Waals surface area (Å²) in [5.41, 5.74) is 0.0596. The van der Waals surface area contributed by atoms with E-state index in [1.807, 2.05) is 0 Å². The zero-order valence-electron chi connectivity index (χ0n) is 9.89. The van der Waals surface area contributed by atoms with Gasteiger partial charge in [-0.3, -0.25) is 4.90 Å². The van der Waals surface area contributed by atoms with Crippen LogP contribution in [0.4, 0.5) is 4.39 Å². The first-order valence-electron chi connectivity index (χ1n) is 5.91. The molecule has 2 fully saturated rings. The number of hydrogen-bond donors (Lipinski definition) is 0. The van der Waals surface area contributed by atoms with Crippen molar-refractivity contribution in [2.45, 2.75) is 56.6 Å². The van der Waals surface area contributed by atoms with Gasteiger partial charge in [-0.15, -0.1) is 11.6 Å². The highest BCUT2D eigenvalue weighted by Crippen LogP contribution is 2.49. The molecule has 0 aromatic carbocycles. The van der Waals surface area contributed by atoms with Crippen molar-refractivity contribution in [2.24, 2.45) is 5.92 Å². The number of halogens is 2. The third-order valence-electron chi connectivity index (χ3n) is 3.70. The fourth-order valence-corrected chi connectivity index (χ4v) is 4.03. The zero-order chi connectivity index (χ0) is 11.3. The van der Waals surface area contributed by atoms with Crippen LogP contribution < -0.4 is 0 Å². The number of alkyl halides is 2. The van der Waals surface area contributed by atoms with E-state index < -0.39 is 6.17 Å². The second kappa shape index (κ2) is 3.59. The van der Waals surface area contributed by atoms with Crippen molar-refractivity contribution in [1.82, 2.24) is 4.90 Å². The third-order valence-corrected chi connectivity index (χ3v) is 3.95. The van der Waals surface area contributed by atoms with Crippen molar-refractivity contribution in [2.75, 3.05) is 13.1 Å². The van der Waals surface area contributed by atoms with Gasteiger partial charge in [0.1, 0.15) is 6.17 Å². The summed E-state index contributed by atoms with van der Waals surface area (Å²) in [5.74, 6) is 0.614. The van der Waals surface area contributed by atoms with E-state index in [9.17, 15) is 4.39 Å². The highest BCUT2D eigenvalue weighted by molar-refractivity contribution is 6.24. The molecule has 2 aliphatic rings. The smallest absolute Gasteiger partial charge is 0.115 e. The molecule has 0 N–H and O–H groups in total. The number of fused-ring (bicyclic) bond motifs is 1. The standard InChI is InChI=1S/C12H21ClFN/c1-9(2)4-12-5-10(14)6-15(12)8-11(3,13)7-12/h9-10H,4-8H2,1-3H3/t10-,11?,12-/m1/s1. The molecule has 3 atom stereocenters. The molecule has 88 valence electrons. The van der Waals surface area contributed by atoms with Crippen LogP contribution in [0.25, 0.3) is 0 Å². The fraction of sp³-hybridized carbons (Fsp3) is 1.00. The van der Waals surface area contributed by atoms with Crippen LogP contribution in [0.5, 0.6) is 0 Å². The van der Waals surface area contributed by atoms with Gasteiger partial charge in [-0.1, -0.05) is 13.8 Å². The van der Waals surface area contributed by atoms with E-state index in [4.69, 9.17) is 11.6 Å². The van der Waals surface area contributed by atoms with Crippen LogP contribution >= 0.6 is 11.6 Å². The first kappa shape index (κ1) is 11.7. The summed E-state index contributed by atoms with van der Waals surface area (Å²) in [6, 6.07) is 0. The second-order valence-electron chi connectivity index (χ2n) is 6.09. The molecule has 0 aromatic rings. The minimum Gasteiger partial charge on any atom is -0.293 e. The minimum absolute atomic E-state index is 0.0596. The molecular formula is C12H21ClFN. The maximum atomic E-state index is 13.5. The molecule has 2 rings (SSSR count). The van der Waals surface area contributed by atoms with E-state index in [0.717, 1.165) is 19.4 Å². The van der Waals surface area contributed by atoms with E-state index in [2.05, 4.69) is 25.7 Å². The number of nitrogens with zero attached hydrogens (tertiary/aromatic N) is 1. The quantitative estimate of drug-likeness (QED) is 0.662. The lowest BCUT2D eigenvalue weighted by molar-refractivity contribution is 0.163. The lowest BCUT2D eigenvalue weighted by Crippen LogP contribution is -2.39. The Hall–Kier alpha value is 0.180. The summed E-state index contributed by atoms with van der Waals surface area (Å²) in [6.07, 6.45) is 2.07. The van der Waals surface area contributed by atoms with E-state index in [1.165, 1.54) is 0 Å². The largest absolute Gasteiger partial charge is 0.293 e. The van der Waals surface area contributed by atoms with Crippen LogP contribution in [0.15, 0.2) is 0 Å².